The van der Waals surface area contributed by atoms with E-state index in [-0.39, 0.29) is 5.70 Å². The van der Waals surface area contributed by atoms with Gasteiger partial charge in [0.15, 0.2) is 5.82 Å². The van der Waals surface area contributed by atoms with Crippen molar-refractivity contribution in [3.63, 3.8) is 0 Å². The molecule has 0 amide bonds. The number of aryl methyl sites for hydroxylation is 1. The van der Waals surface area contributed by atoms with Crippen molar-refractivity contribution in [2.45, 2.75) is 39.8 Å². The number of aromatic nitrogens is 2. The minimum atomic E-state index is -4.47. The molecule has 0 fully saturated rings. The molecule has 0 aromatic carbocycles. The number of nitrogens with zero attached hydrogens (tertiary/aromatic N) is 2. The number of allylic oxidation sites excluding steroid dienone is 2. The lowest BCUT2D eigenvalue weighted by molar-refractivity contribution is -0.0894. The minimum Gasteiger partial charge on any atom is -0.338 e. The second-order valence-corrected chi connectivity index (χ2v) is 4.97. The predicted octanol–water partition coefficient (Wildman–Crippen LogP) is 4.10. The van der Waals surface area contributed by atoms with Crippen LogP contribution in [0.1, 0.15) is 32.4 Å². The highest BCUT2D eigenvalue weighted by atomic mass is 19.4. The second kappa shape index (κ2) is 5.75. The van der Waals surface area contributed by atoms with Crippen molar-refractivity contribution in [1.29, 1.82) is 0 Å². The Morgan fingerprint density at radius 1 is 1.33 bits per heavy atom. The highest BCUT2D eigenvalue weighted by Crippen LogP contribution is 2.36. The highest BCUT2D eigenvalue weighted by molar-refractivity contribution is 5.86. The molecule has 114 valence electrons. The molecule has 2 heterocycles. The van der Waals surface area contributed by atoms with Gasteiger partial charge in [-0.2, -0.15) is 18.3 Å². The summed E-state index contributed by atoms with van der Waals surface area (Å²) in [4.78, 5) is 3.89. The van der Waals surface area contributed by atoms with Crippen molar-refractivity contribution in [3.05, 3.63) is 34.8 Å². The molecule has 1 aliphatic rings. The van der Waals surface area contributed by atoms with Crippen LogP contribution >= 0.6 is 0 Å². The molecule has 21 heavy (non-hydrogen) atoms. The number of rotatable bonds is 3. The molecule has 0 unspecified atom stereocenters. The number of H-pyrrole nitrogens is 1. The van der Waals surface area contributed by atoms with E-state index in [1.165, 1.54) is 0 Å². The van der Waals surface area contributed by atoms with Crippen molar-refractivity contribution in [2.24, 2.45) is 4.99 Å². The first-order valence-electron chi connectivity index (χ1n) is 6.63. The van der Waals surface area contributed by atoms with Crippen LogP contribution in [0.3, 0.4) is 0 Å². The first-order valence-corrected chi connectivity index (χ1v) is 6.63. The van der Waals surface area contributed by atoms with Crippen LogP contribution in [0.15, 0.2) is 34.1 Å². The summed E-state index contributed by atoms with van der Waals surface area (Å²) in [6, 6.07) is 1.66. The summed E-state index contributed by atoms with van der Waals surface area (Å²) in [5, 5.41) is 9.44. The molecule has 0 radical (unpaired) electrons. The molecule has 2 N–H and O–H groups in total. The van der Waals surface area contributed by atoms with Gasteiger partial charge < -0.3 is 5.32 Å². The fraction of sp³-hybridized carbons (Fsp3) is 0.429. The van der Waals surface area contributed by atoms with Crippen LogP contribution in [0.2, 0.25) is 0 Å². The average molecular weight is 298 g/mol. The maximum Gasteiger partial charge on any atom is 0.419 e. The fourth-order valence-corrected chi connectivity index (χ4v) is 2.16. The second-order valence-electron chi connectivity index (χ2n) is 4.97. The number of aromatic amines is 1. The molecule has 0 spiro atoms. The van der Waals surface area contributed by atoms with Crippen molar-refractivity contribution < 1.29 is 13.2 Å². The molecule has 4 nitrogen and oxygen atoms in total. The molecule has 0 saturated carbocycles. The van der Waals surface area contributed by atoms with E-state index in [1.54, 1.807) is 19.9 Å². The van der Waals surface area contributed by atoms with Gasteiger partial charge in [-0.15, -0.1) is 0 Å². The number of halogens is 3. The van der Waals surface area contributed by atoms with Gasteiger partial charge in [0.2, 0.25) is 0 Å². The summed E-state index contributed by atoms with van der Waals surface area (Å²) in [7, 11) is 0. The lowest BCUT2D eigenvalue weighted by Crippen LogP contribution is -2.19. The number of hydrogen-bond donors (Lipinski definition) is 2. The first-order chi connectivity index (χ1) is 9.81. The zero-order valence-corrected chi connectivity index (χ0v) is 12.1. The van der Waals surface area contributed by atoms with E-state index in [2.05, 4.69) is 20.5 Å². The Hall–Kier alpha value is -2.05. The van der Waals surface area contributed by atoms with Gasteiger partial charge in [0.25, 0.3) is 0 Å². The zero-order valence-electron chi connectivity index (χ0n) is 12.1. The Bertz CT molecular complexity index is 620. The summed E-state index contributed by atoms with van der Waals surface area (Å²) in [6.07, 6.45) is -2.66. The van der Waals surface area contributed by atoms with Gasteiger partial charge in [0.05, 0.1) is 11.3 Å². The Balaban J connectivity index is 2.48. The Morgan fingerprint density at radius 2 is 2.05 bits per heavy atom. The van der Waals surface area contributed by atoms with E-state index in [0.717, 1.165) is 11.9 Å². The Morgan fingerprint density at radius 3 is 2.57 bits per heavy atom. The largest absolute Gasteiger partial charge is 0.419 e. The van der Waals surface area contributed by atoms with Gasteiger partial charge in [-0.05, 0) is 25.8 Å². The molecule has 0 saturated heterocycles. The number of anilines is 1. The number of alkyl halides is 3. The molecule has 0 bridgehead atoms. The predicted molar refractivity (Wildman–Crippen MR) is 76.1 cm³/mol. The van der Waals surface area contributed by atoms with Gasteiger partial charge in [-0.3, -0.25) is 10.1 Å². The van der Waals surface area contributed by atoms with Crippen LogP contribution in [-0.4, -0.2) is 22.1 Å². The maximum absolute atomic E-state index is 13.3. The fourth-order valence-electron chi connectivity index (χ4n) is 2.16. The summed E-state index contributed by atoms with van der Waals surface area (Å²) >= 11 is 0. The van der Waals surface area contributed by atoms with E-state index >= 15 is 0 Å². The molecule has 7 heteroatoms. The number of aliphatic imine (C=N–C) groups is 1. The minimum absolute atomic E-state index is 0.0529. The summed E-state index contributed by atoms with van der Waals surface area (Å²) < 4.78 is 39.8. The monoisotopic (exact) mass is 298 g/mol. The molecular weight excluding hydrogens is 281 g/mol. The number of nitrogens with one attached hydrogen (secondary N) is 2. The van der Waals surface area contributed by atoms with Crippen LogP contribution in [0.4, 0.5) is 19.0 Å². The summed E-state index contributed by atoms with van der Waals surface area (Å²) in [6.45, 7) is 5.34. The third-order valence-electron chi connectivity index (χ3n) is 3.20. The normalized spacial score (nSPS) is 16.5. The molecule has 1 aromatic heterocycles. The van der Waals surface area contributed by atoms with Crippen LogP contribution in [0.5, 0.6) is 0 Å². The molecule has 0 atom stereocenters. The van der Waals surface area contributed by atoms with Crippen molar-refractivity contribution in [2.75, 3.05) is 5.32 Å². The zero-order chi connectivity index (χ0) is 15.6. The van der Waals surface area contributed by atoms with Gasteiger partial charge in [-0.25, -0.2) is 0 Å². The first kappa shape index (κ1) is 15.3. The summed E-state index contributed by atoms with van der Waals surface area (Å²) in [5.41, 5.74) is 1.38. The van der Waals surface area contributed by atoms with E-state index in [4.69, 9.17) is 0 Å². The average Bonchev–Trinajstić information content (AvgIpc) is 2.70. The van der Waals surface area contributed by atoms with Gasteiger partial charge in [-0.1, -0.05) is 6.92 Å². The lowest BCUT2D eigenvalue weighted by Gasteiger charge is -2.18. The smallest absolute Gasteiger partial charge is 0.338 e. The quantitative estimate of drug-likeness (QED) is 0.882. The SMILES string of the molecule is CCC1=C(Nc2cc(C)[nH]n2)C(C(F)(F)F)=CN=C(C)C1. The summed E-state index contributed by atoms with van der Waals surface area (Å²) in [5.74, 6) is 0.364. The number of hydrogen-bond acceptors (Lipinski definition) is 3. The Labute approximate surface area is 120 Å². The van der Waals surface area contributed by atoms with Gasteiger partial charge >= 0.3 is 6.18 Å². The molecular formula is C14H17F3N4. The van der Waals surface area contributed by atoms with E-state index in [1.807, 2.05) is 6.92 Å². The van der Waals surface area contributed by atoms with Crippen LogP contribution < -0.4 is 5.32 Å². The van der Waals surface area contributed by atoms with E-state index < -0.39 is 11.7 Å². The van der Waals surface area contributed by atoms with Crippen molar-refractivity contribution >= 4 is 11.5 Å². The lowest BCUT2D eigenvalue weighted by atomic mass is 10.0. The third kappa shape index (κ3) is 3.53. The maximum atomic E-state index is 13.3. The Kier molecular flexibility index (Phi) is 4.20. The molecule has 0 aliphatic carbocycles. The highest BCUT2D eigenvalue weighted by Gasteiger charge is 2.38. The van der Waals surface area contributed by atoms with Crippen LogP contribution in [0, 0.1) is 6.92 Å². The standard InChI is InChI=1S/C14H17F3N4/c1-4-10-5-8(2)18-7-11(14(15,16)17)13(10)19-12-6-9(3)20-21-12/h6-7H,4-5H2,1-3H3,(H2,19,20,21). The van der Waals surface area contributed by atoms with Crippen LogP contribution in [0.25, 0.3) is 0 Å². The molecule has 1 aliphatic heterocycles. The topological polar surface area (TPSA) is 53.1 Å². The van der Waals surface area contributed by atoms with E-state index in [9.17, 15) is 13.2 Å². The van der Waals surface area contributed by atoms with Gasteiger partial charge in [0.1, 0.15) is 0 Å². The van der Waals surface area contributed by atoms with Crippen molar-refractivity contribution in [1.82, 2.24) is 10.2 Å². The molecule has 1 aromatic rings. The van der Waals surface area contributed by atoms with Crippen molar-refractivity contribution in [3.8, 4) is 0 Å². The van der Waals surface area contributed by atoms with E-state index in [0.29, 0.717) is 29.9 Å². The van der Waals surface area contributed by atoms with Gasteiger partial charge in [0, 0.05) is 30.1 Å². The van der Waals surface area contributed by atoms with Crippen LogP contribution in [-0.2, 0) is 0 Å². The third-order valence-corrected chi connectivity index (χ3v) is 3.20. The molecule has 2 rings (SSSR count).